The van der Waals surface area contributed by atoms with Gasteiger partial charge < -0.3 is 0 Å². The van der Waals surface area contributed by atoms with E-state index in [9.17, 15) is 0 Å². The van der Waals surface area contributed by atoms with Gasteiger partial charge in [-0.2, -0.15) is 0 Å². The highest BCUT2D eigenvalue weighted by Crippen LogP contribution is 2.82. The number of hydrogen-bond acceptors (Lipinski definition) is 0. The minimum Gasteiger partial charge on any atom is -0.0842 e. The molecule has 5 rings (SSSR count). The molecule has 4 saturated carbocycles. The first-order chi connectivity index (χ1) is 14.3. The van der Waals surface area contributed by atoms with Gasteiger partial charge in [-0.3, -0.25) is 0 Å². The summed E-state index contributed by atoms with van der Waals surface area (Å²) in [6, 6.07) is 0. The molecule has 0 aromatic carbocycles. The Kier molecular flexibility index (Phi) is 5.31. The molecular weight excluding hydrogens is 360 g/mol. The van der Waals surface area contributed by atoms with Crippen LogP contribution in [0.3, 0.4) is 0 Å². The van der Waals surface area contributed by atoms with Crippen molar-refractivity contribution >= 4 is 0 Å². The summed E-state index contributed by atoms with van der Waals surface area (Å²) in [6.45, 7) is 15.4. The molecule has 30 heavy (non-hydrogen) atoms. The Balaban J connectivity index is 1.31. The van der Waals surface area contributed by atoms with Gasteiger partial charge in [-0.25, -0.2) is 0 Å². The summed E-state index contributed by atoms with van der Waals surface area (Å²) < 4.78 is 0. The molecule has 0 heterocycles. The second kappa shape index (κ2) is 7.38. The molecule has 0 radical (unpaired) electrons. The van der Waals surface area contributed by atoms with Crippen molar-refractivity contribution in [3.63, 3.8) is 0 Å². The largest absolute Gasteiger partial charge is 0.0842 e. The highest BCUT2D eigenvalue weighted by Gasteiger charge is 2.75. The lowest BCUT2D eigenvalue weighted by Crippen LogP contribution is -2.38. The molecule has 5 aliphatic carbocycles. The number of hydrogen-bond donors (Lipinski definition) is 0. The first-order valence-electron chi connectivity index (χ1n) is 14.0. The normalized spacial score (nSPS) is 48.8. The average molecular weight is 411 g/mol. The van der Waals surface area contributed by atoms with Crippen molar-refractivity contribution in [1.82, 2.24) is 0 Å². The Morgan fingerprint density at radius 2 is 1.83 bits per heavy atom. The van der Waals surface area contributed by atoms with E-state index >= 15 is 0 Å². The third kappa shape index (κ3) is 2.97. The topological polar surface area (TPSA) is 0 Å². The van der Waals surface area contributed by atoms with Crippen molar-refractivity contribution in [2.45, 2.75) is 119 Å². The maximum absolute atomic E-state index is 2.77. The van der Waals surface area contributed by atoms with Gasteiger partial charge in [0.05, 0.1) is 0 Å². The molecule has 0 saturated heterocycles. The molecule has 5 aliphatic rings. The second-order valence-electron chi connectivity index (χ2n) is 13.6. The van der Waals surface area contributed by atoms with Crippen molar-refractivity contribution < 1.29 is 0 Å². The average Bonchev–Trinajstić information content (AvgIpc) is 3.24. The third-order valence-electron chi connectivity index (χ3n) is 12.2. The van der Waals surface area contributed by atoms with Crippen LogP contribution in [0.2, 0.25) is 0 Å². The first-order valence-corrected chi connectivity index (χ1v) is 14.0. The standard InChI is InChI=1S/C30H50/c1-7-22(20(2)3)12-11-21(4)25-14-13-24-18-30-17-15-23-10-8-9-16-28(23,5)27(30)26(30)19-29(24,25)6/h15,20-22,24-27H,7-14,16-19H2,1-6H3/t21-,22-,24-,25-,26+,27-,28-,29+,30+/m0/s1. The van der Waals surface area contributed by atoms with Crippen molar-refractivity contribution in [1.29, 1.82) is 0 Å². The van der Waals surface area contributed by atoms with Crippen molar-refractivity contribution in [2.75, 3.05) is 0 Å². The Morgan fingerprint density at radius 3 is 2.57 bits per heavy atom. The minimum atomic E-state index is 0.586. The van der Waals surface area contributed by atoms with E-state index in [0.717, 1.165) is 46.8 Å². The van der Waals surface area contributed by atoms with E-state index in [1.807, 2.05) is 5.57 Å². The molecule has 0 heteroatoms. The van der Waals surface area contributed by atoms with E-state index in [1.54, 1.807) is 19.3 Å². The van der Waals surface area contributed by atoms with Crippen LogP contribution in [-0.4, -0.2) is 0 Å². The number of fused-ring (bicyclic) bond motifs is 4. The molecule has 1 spiro atoms. The summed E-state index contributed by atoms with van der Waals surface area (Å²) in [5, 5.41) is 0. The Hall–Kier alpha value is -0.260. The Morgan fingerprint density at radius 1 is 1.03 bits per heavy atom. The fraction of sp³-hybridized carbons (Fsp3) is 0.933. The smallest absolute Gasteiger partial charge is 0.00798 e. The van der Waals surface area contributed by atoms with Gasteiger partial charge in [-0.1, -0.05) is 72.5 Å². The maximum atomic E-state index is 2.77. The number of rotatable bonds is 6. The van der Waals surface area contributed by atoms with Gasteiger partial charge in [-0.05, 0) is 115 Å². The summed E-state index contributed by atoms with van der Waals surface area (Å²) in [7, 11) is 0. The minimum absolute atomic E-state index is 0.586. The van der Waals surface area contributed by atoms with Crippen LogP contribution in [0.25, 0.3) is 0 Å². The van der Waals surface area contributed by atoms with Crippen LogP contribution in [0.4, 0.5) is 0 Å². The van der Waals surface area contributed by atoms with Gasteiger partial charge in [0, 0.05) is 0 Å². The van der Waals surface area contributed by atoms with E-state index in [2.05, 4.69) is 47.6 Å². The molecule has 0 aliphatic heterocycles. The van der Waals surface area contributed by atoms with E-state index in [-0.39, 0.29) is 0 Å². The van der Waals surface area contributed by atoms with Crippen molar-refractivity contribution in [2.24, 2.45) is 57.7 Å². The molecule has 0 aromatic heterocycles. The summed E-state index contributed by atoms with van der Waals surface area (Å²) in [4.78, 5) is 0. The van der Waals surface area contributed by atoms with Gasteiger partial charge in [0.15, 0.2) is 0 Å². The fourth-order valence-corrected chi connectivity index (χ4v) is 10.4. The highest BCUT2D eigenvalue weighted by molar-refractivity contribution is 5.35. The van der Waals surface area contributed by atoms with Crippen LogP contribution >= 0.6 is 0 Å². The molecule has 9 atom stereocenters. The maximum Gasteiger partial charge on any atom is -0.00798 e. The zero-order chi connectivity index (χ0) is 21.3. The van der Waals surface area contributed by atoms with Crippen LogP contribution in [0.5, 0.6) is 0 Å². The van der Waals surface area contributed by atoms with Crippen LogP contribution in [-0.2, 0) is 0 Å². The summed E-state index contributed by atoms with van der Waals surface area (Å²) >= 11 is 0. The zero-order valence-corrected chi connectivity index (χ0v) is 21.1. The van der Waals surface area contributed by atoms with Gasteiger partial charge in [0.25, 0.3) is 0 Å². The van der Waals surface area contributed by atoms with Gasteiger partial charge in [0.2, 0.25) is 0 Å². The van der Waals surface area contributed by atoms with E-state index < -0.39 is 0 Å². The summed E-state index contributed by atoms with van der Waals surface area (Å²) in [6.07, 6.45) is 20.6. The quantitative estimate of drug-likeness (QED) is 0.383. The summed E-state index contributed by atoms with van der Waals surface area (Å²) in [5.74, 6) is 6.86. The molecule has 0 unspecified atom stereocenters. The van der Waals surface area contributed by atoms with E-state index in [0.29, 0.717) is 10.8 Å². The SMILES string of the molecule is CC[C@@H](CC[C@H](C)[C@@H]1CC[C@H]2C[C@@]34CC=C5CCCC[C@]5(C)[C@@H]3[C@H]4C[C@]21C)C(C)C. The molecule has 0 amide bonds. The van der Waals surface area contributed by atoms with Crippen molar-refractivity contribution in [3.8, 4) is 0 Å². The van der Waals surface area contributed by atoms with Crippen molar-refractivity contribution in [3.05, 3.63) is 11.6 Å². The van der Waals surface area contributed by atoms with E-state index in [1.165, 1.54) is 57.8 Å². The lowest BCUT2D eigenvalue weighted by atomic mass is 9.58. The number of allylic oxidation sites excluding steroid dienone is 2. The molecule has 0 N–H and O–H groups in total. The van der Waals surface area contributed by atoms with Crippen LogP contribution in [0.15, 0.2) is 11.6 Å². The first kappa shape index (κ1) is 21.6. The summed E-state index contributed by atoms with van der Waals surface area (Å²) in [5.41, 5.74) is 3.86. The molecular formula is C30H50. The third-order valence-corrected chi connectivity index (χ3v) is 12.2. The predicted octanol–water partition coefficient (Wildman–Crippen LogP) is 9.05. The zero-order valence-electron chi connectivity index (χ0n) is 21.1. The van der Waals surface area contributed by atoms with Crippen LogP contribution < -0.4 is 0 Å². The van der Waals surface area contributed by atoms with Crippen LogP contribution in [0.1, 0.15) is 119 Å². The highest BCUT2D eigenvalue weighted by atomic mass is 14.8. The van der Waals surface area contributed by atoms with E-state index in [4.69, 9.17) is 0 Å². The second-order valence-corrected chi connectivity index (χ2v) is 13.6. The molecule has 0 nitrogen and oxygen atoms in total. The van der Waals surface area contributed by atoms with Crippen LogP contribution in [0, 0.1) is 57.7 Å². The predicted molar refractivity (Wildman–Crippen MR) is 129 cm³/mol. The lowest BCUT2D eigenvalue weighted by molar-refractivity contribution is 0.0376. The monoisotopic (exact) mass is 410 g/mol. The molecule has 0 aromatic rings. The molecule has 4 fully saturated rings. The fourth-order valence-electron chi connectivity index (χ4n) is 10.4. The van der Waals surface area contributed by atoms with Gasteiger partial charge in [-0.15, -0.1) is 0 Å². The lowest BCUT2D eigenvalue weighted by Gasteiger charge is -2.46. The Labute approximate surface area is 188 Å². The van der Waals surface area contributed by atoms with Gasteiger partial charge >= 0.3 is 0 Å². The molecule has 170 valence electrons. The Bertz CT molecular complexity index is 686. The molecule has 0 bridgehead atoms. The van der Waals surface area contributed by atoms with Gasteiger partial charge in [0.1, 0.15) is 0 Å².